The summed E-state index contributed by atoms with van der Waals surface area (Å²) in [6.07, 6.45) is 3.62. The van der Waals surface area contributed by atoms with Crippen molar-refractivity contribution >= 4 is 22.6 Å². The Bertz CT molecular complexity index is 749. The average Bonchev–Trinajstić information content (AvgIpc) is 2.88. The number of H-pyrrole nitrogens is 1. The highest BCUT2D eigenvalue weighted by atomic mass is 16.4. The van der Waals surface area contributed by atoms with Gasteiger partial charge >= 0.3 is 5.97 Å². The predicted octanol–water partition coefficient (Wildman–Crippen LogP) is 1.77. The van der Waals surface area contributed by atoms with Gasteiger partial charge in [-0.2, -0.15) is 0 Å². The first-order valence-electron chi connectivity index (χ1n) is 7.29. The SMILES string of the molecule is N=C1c2cccc3[nH]cc(c23)C[C@H]2CC1C(C(=O)O)CN2. The van der Waals surface area contributed by atoms with Gasteiger partial charge in [-0.1, -0.05) is 12.1 Å². The van der Waals surface area contributed by atoms with Gasteiger partial charge in [0.05, 0.1) is 5.92 Å². The molecule has 1 aliphatic heterocycles. The predicted molar refractivity (Wildman–Crippen MR) is 79.9 cm³/mol. The van der Waals surface area contributed by atoms with E-state index in [0.29, 0.717) is 12.3 Å². The standard InChI is InChI=1S/C16H17N3O2/c17-15-10-2-1-3-13-14(10)8(6-19-13)4-9-5-11(15)12(7-18-9)16(20)21/h1-3,6,9,11-12,17-19H,4-5,7H2,(H,20,21)/t9-,11?,12?/m0/s1. The van der Waals surface area contributed by atoms with Crippen LogP contribution >= 0.6 is 0 Å². The minimum atomic E-state index is -0.808. The highest BCUT2D eigenvalue weighted by molar-refractivity contribution is 6.12. The van der Waals surface area contributed by atoms with Crippen molar-refractivity contribution in [3.63, 3.8) is 0 Å². The molecular weight excluding hydrogens is 266 g/mol. The van der Waals surface area contributed by atoms with Gasteiger partial charge in [0.15, 0.2) is 0 Å². The summed E-state index contributed by atoms with van der Waals surface area (Å²) in [4.78, 5) is 14.8. The van der Waals surface area contributed by atoms with Crippen LogP contribution in [0, 0.1) is 17.2 Å². The maximum Gasteiger partial charge on any atom is 0.308 e. The number of carboxylic acids is 1. The fourth-order valence-electron chi connectivity index (χ4n) is 3.83. The number of aromatic amines is 1. The van der Waals surface area contributed by atoms with Gasteiger partial charge in [-0.05, 0) is 24.5 Å². The molecule has 1 saturated heterocycles. The summed E-state index contributed by atoms with van der Waals surface area (Å²) in [7, 11) is 0. The van der Waals surface area contributed by atoms with Crippen LogP contribution in [0.2, 0.25) is 0 Å². The molecule has 2 aliphatic rings. The third kappa shape index (κ3) is 1.81. The van der Waals surface area contributed by atoms with Crippen LogP contribution in [0.25, 0.3) is 10.9 Å². The van der Waals surface area contributed by atoms with E-state index in [-0.39, 0.29) is 12.0 Å². The Balaban J connectivity index is 1.91. The molecule has 4 rings (SSSR count). The van der Waals surface area contributed by atoms with Gasteiger partial charge in [-0.25, -0.2) is 0 Å². The summed E-state index contributed by atoms with van der Waals surface area (Å²) in [6, 6.07) is 6.14. The summed E-state index contributed by atoms with van der Waals surface area (Å²) in [5.74, 6) is -1.52. The van der Waals surface area contributed by atoms with Crippen LogP contribution in [0.5, 0.6) is 0 Å². The molecule has 5 heteroatoms. The van der Waals surface area contributed by atoms with Crippen molar-refractivity contribution in [1.82, 2.24) is 10.3 Å². The molecule has 108 valence electrons. The van der Waals surface area contributed by atoms with E-state index in [1.54, 1.807) is 0 Å². The van der Waals surface area contributed by atoms with Gasteiger partial charge < -0.3 is 20.8 Å². The molecule has 2 aromatic rings. The lowest BCUT2D eigenvalue weighted by molar-refractivity contribution is -0.143. The Morgan fingerprint density at radius 1 is 1.38 bits per heavy atom. The number of carbonyl (C=O) groups is 1. The number of benzene rings is 1. The number of aliphatic carboxylic acids is 1. The molecule has 0 amide bonds. The molecule has 4 N–H and O–H groups in total. The number of hydrogen-bond acceptors (Lipinski definition) is 3. The lowest BCUT2D eigenvalue weighted by Gasteiger charge is -2.37. The highest BCUT2D eigenvalue weighted by Gasteiger charge is 2.39. The molecular formula is C16H17N3O2. The van der Waals surface area contributed by atoms with E-state index in [4.69, 9.17) is 5.41 Å². The quantitative estimate of drug-likeness (QED) is 0.643. The van der Waals surface area contributed by atoms with Gasteiger partial charge in [0.1, 0.15) is 0 Å². The van der Waals surface area contributed by atoms with Crippen LogP contribution in [0.4, 0.5) is 0 Å². The zero-order valence-corrected chi connectivity index (χ0v) is 11.5. The third-order valence-electron chi connectivity index (χ3n) is 4.88. The molecule has 0 saturated carbocycles. The average molecular weight is 283 g/mol. The minimum Gasteiger partial charge on any atom is -0.481 e. The Labute approximate surface area is 121 Å². The van der Waals surface area contributed by atoms with Crippen LogP contribution < -0.4 is 5.32 Å². The van der Waals surface area contributed by atoms with Gasteiger partial charge in [-0.15, -0.1) is 0 Å². The first-order chi connectivity index (χ1) is 10.1. The van der Waals surface area contributed by atoms with Crippen molar-refractivity contribution in [2.45, 2.75) is 18.9 Å². The van der Waals surface area contributed by atoms with E-state index in [2.05, 4.69) is 10.3 Å². The zero-order valence-electron chi connectivity index (χ0n) is 11.5. The normalized spacial score (nSPS) is 28.2. The smallest absolute Gasteiger partial charge is 0.308 e. The molecule has 2 heterocycles. The Morgan fingerprint density at radius 3 is 3.05 bits per heavy atom. The monoisotopic (exact) mass is 283 g/mol. The molecule has 1 aliphatic carbocycles. The summed E-state index contributed by atoms with van der Waals surface area (Å²) >= 11 is 0. The minimum absolute atomic E-state index is 0.206. The third-order valence-corrected chi connectivity index (χ3v) is 4.88. The van der Waals surface area contributed by atoms with Crippen molar-refractivity contribution in [1.29, 1.82) is 5.41 Å². The van der Waals surface area contributed by atoms with Crippen LogP contribution in [-0.4, -0.2) is 34.4 Å². The molecule has 5 nitrogen and oxygen atoms in total. The van der Waals surface area contributed by atoms with E-state index in [0.717, 1.165) is 29.3 Å². The number of fused-ring (bicyclic) bond motifs is 2. The molecule has 2 unspecified atom stereocenters. The number of nitrogens with one attached hydrogen (secondary N) is 3. The van der Waals surface area contributed by atoms with Gasteiger partial charge in [0.2, 0.25) is 0 Å². The number of aromatic nitrogens is 1. The van der Waals surface area contributed by atoms with Gasteiger partial charge in [-0.3, -0.25) is 4.79 Å². The number of carboxylic acid groups (broad SMARTS) is 1. The van der Waals surface area contributed by atoms with Crippen LogP contribution in [0.15, 0.2) is 24.4 Å². The molecule has 0 radical (unpaired) electrons. The van der Waals surface area contributed by atoms with Crippen LogP contribution in [0.3, 0.4) is 0 Å². The Hall–Kier alpha value is -2.14. The van der Waals surface area contributed by atoms with Crippen molar-refractivity contribution in [3.05, 3.63) is 35.5 Å². The van der Waals surface area contributed by atoms with Crippen LogP contribution in [-0.2, 0) is 11.2 Å². The van der Waals surface area contributed by atoms with E-state index in [1.165, 1.54) is 5.56 Å². The molecule has 3 atom stereocenters. The Kier molecular flexibility index (Phi) is 2.65. The maximum absolute atomic E-state index is 11.5. The van der Waals surface area contributed by atoms with Crippen molar-refractivity contribution in [2.75, 3.05) is 6.54 Å². The van der Waals surface area contributed by atoms with E-state index in [9.17, 15) is 9.90 Å². The fraction of sp³-hybridized carbons (Fsp3) is 0.375. The maximum atomic E-state index is 11.5. The molecule has 21 heavy (non-hydrogen) atoms. The molecule has 2 bridgehead atoms. The first-order valence-corrected chi connectivity index (χ1v) is 7.29. The summed E-state index contributed by atoms with van der Waals surface area (Å²) in [6.45, 7) is 0.447. The summed E-state index contributed by atoms with van der Waals surface area (Å²) in [5, 5.41) is 22.4. The lowest BCUT2D eigenvalue weighted by atomic mass is 9.74. The lowest BCUT2D eigenvalue weighted by Crippen LogP contribution is -2.50. The first kappa shape index (κ1) is 12.6. The van der Waals surface area contributed by atoms with E-state index >= 15 is 0 Å². The second-order valence-electron chi connectivity index (χ2n) is 6.05. The second kappa shape index (κ2) is 4.43. The topological polar surface area (TPSA) is 89.0 Å². The van der Waals surface area contributed by atoms with E-state index in [1.807, 2.05) is 24.4 Å². The number of rotatable bonds is 1. The van der Waals surface area contributed by atoms with Gasteiger partial charge in [0, 0.05) is 46.9 Å². The van der Waals surface area contributed by atoms with Gasteiger partial charge in [0.25, 0.3) is 0 Å². The zero-order chi connectivity index (χ0) is 14.6. The molecule has 0 spiro atoms. The Morgan fingerprint density at radius 2 is 2.24 bits per heavy atom. The highest BCUT2D eigenvalue weighted by Crippen LogP contribution is 2.35. The number of piperidine rings is 1. The largest absolute Gasteiger partial charge is 0.481 e. The fourth-order valence-corrected chi connectivity index (χ4v) is 3.83. The second-order valence-corrected chi connectivity index (χ2v) is 6.05. The van der Waals surface area contributed by atoms with E-state index < -0.39 is 11.9 Å². The van der Waals surface area contributed by atoms with Crippen molar-refractivity contribution in [3.8, 4) is 0 Å². The van der Waals surface area contributed by atoms with Crippen molar-refractivity contribution < 1.29 is 9.90 Å². The van der Waals surface area contributed by atoms with Crippen LogP contribution in [0.1, 0.15) is 17.5 Å². The molecule has 1 aromatic carbocycles. The van der Waals surface area contributed by atoms with Crippen molar-refractivity contribution in [2.24, 2.45) is 11.8 Å². The summed E-state index contributed by atoms with van der Waals surface area (Å²) in [5.41, 5.74) is 3.61. The molecule has 1 fully saturated rings. The molecule has 1 aromatic heterocycles. The number of hydrogen-bond donors (Lipinski definition) is 4. The summed E-state index contributed by atoms with van der Waals surface area (Å²) < 4.78 is 0.